The third-order valence-corrected chi connectivity index (χ3v) is 40.0. The molecule has 0 N–H and O–H groups in total. The molecule has 0 heterocycles. The predicted molar refractivity (Wildman–Crippen MR) is 489 cm³/mol. The minimum Gasteiger partial charge on any atom is -0.0651 e. The van der Waals surface area contributed by atoms with Crippen molar-refractivity contribution in [3.63, 3.8) is 0 Å². The number of hydrogen-bond acceptors (Lipinski definition) is 0. The summed E-state index contributed by atoms with van der Waals surface area (Å²) in [6.45, 7) is 45.1. The van der Waals surface area contributed by atoms with Crippen LogP contribution >= 0.6 is 0 Å². The zero-order valence-electron chi connectivity index (χ0n) is 79.0. The fourth-order valence-electron chi connectivity index (χ4n) is 32.9. The van der Waals surface area contributed by atoms with Gasteiger partial charge in [-0.05, 0) is 423 Å². The fraction of sp³-hybridized carbons (Fsp3) is 1.00. The summed E-state index contributed by atoms with van der Waals surface area (Å²) in [5.41, 5.74) is 0. The summed E-state index contributed by atoms with van der Waals surface area (Å²) in [4.78, 5) is 0. The van der Waals surface area contributed by atoms with Gasteiger partial charge in [0.15, 0.2) is 0 Å². The molecule has 10 atom stereocenters. The Bertz CT molecular complexity index is 2340. The highest BCUT2D eigenvalue weighted by Crippen LogP contribution is 2.62. The van der Waals surface area contributed by atoms with Gasteiger partial charge in [0.25, 0.3) is 0 Å². The molecule has 0 radical (unpaired) electrons. The van der Waals surface area contributed by atoms with Crippen LogP contribution in [0.2, 0.25) is 0 Å². The van der Waals surface area contributed by atoms with E-state index in [2.05, 4.69) is 132 Å². The third kappa shape index (κ3) is 25.3. The Balaban J connectivity index is 0.000000120. The molecule has 0 aromatic carbocycles. The minimum atomic E-state index is 0.929. The highest BCUT2D eigenvalue weighted by Gasteiger charge is 2.54. The Morgan fingerprint density at radius 1 is 0.189 bits per heavy atom. The van der Waals surface area contributed by atoms with Gasteiger partial charge in [0.2, 0.25) is 0 Å². The molecule has 27 aliphatic rings. The number of hydrogen-bond donors (Lipinski definition) is 0. The van der Waals surface area contributed by atoms with Gasteiger partial charge in [0.05, 0.1) is 0 Å². The first-order valence-electron chi connectivity index (χ1n) is 53.5. The molecule has 27 saturated carbocycles. The fourth-order valence-corrected chi connectivity index (χ4v) is 32.9. The van der Waals surface area contributed by atoms with E-state index < -0.39 is 0 Å². The first-order valence-corrected chi connectivity index (χ1v) is 53.5. The Hall–Kier alpha value is 0. The van der Waals surface area contributed by atoms with Gasteiger partial charge in [-0.3, -0.25) is 0 Å². The molecule has 0 aromatic rings. The Morgan fingerprint density at radius 2 is 0.486 bits per heavy atom. The van der Waals surface area contributed by atoms with Crippen LogP contribution in [0.3, 0.4) is 0 Å². The van der Waals surface area contributed by atoms with Crippen molar-refractivity contribution in [3.8, 4) is 0 Å². The number of fused-ring (bicyclic) bond motifs is 13. The second-order valence-corrected chi connectivity index (χ2v) is 48.5. The van der Waals surface area contributed by atoms with Gasteiger partial charge in [0.1, 0.15) is 0 Å². The van der Waals surface area contributed by atoms with Crippen molar-refractivity contribution in [3.05, 3.63) is 0 Å². The highest BCUT2D eigenvalue weighted by molar-refractivity contribution is 5.03. The van der Waals surface area contributed by atoms with Crippen LogP contribution in [0.25, 0.3) is 0 Å². The molecule has 27 aliphatic carbocycles. The van der Waals surface area contributed by atoms with Crippen molar-refractivity contribution in [2.45, 2.75) is 472 Å². The molecule has 646 valence electrons. The van der Waals surface area contributed by atoms with Gasteiger partial charge in [0, 0.05) is 0 Å². The van der Waals surface area contributed by atoms with Gasteiger partial charge < -0.3 is 0 Å². The molecule has 10 unspecified atom stereocenters. The van der Waals surface area contributed by atoms with Crippen LogP contribution in [0.1, 0.15) is 472 Å². The topological polar surface area (TPSA) is 0 Å². The van der Waals surface area contributed by atoms with Crippen molar-refractivity contribution < 1.29 is 0 Å². The summed E-state index contributed by atoms with van der Waals surface area (Å²) in [6, 6.07) is 0. The van der Waals surface area contributed by atoms with Crippen LogP contribution in [-0.2, 0) is 0 Å². The van der Waals surface area contributed by atoms with E-state index in [-0.39, 0.29) is 0 Å². The molecule has 0 spiro atoms. The maximum atomic E-state index is 2.44. The lowest BCUT2D eigenvalue weighted by Crippen LogP contribution is -2.52. The van der Waals surface area contributed by atoms with Crippen LogP contribution in [-0.4, -0.2) is 0 Å². The van der Waals surface area contributed by atoms with Crippen molar-refractivity contribution in [1.82, 2.24) is 0 Å². The minimum absolute atomic E-state index is 0.929. The molecule has 0 nitrogen and oxygen atoms in total. The maximum absolute atomic E-state index is 2.44. The average Bonchev–Trinajstić information content (AvgIpc) is 1.68. The van der Waals surface area contributed by atoms with Crippen LogP contribution in [0.5, 0.6) is 0 Å². The van der Waals surface area contributed by atoms with E-state index >= 15 is 0 Å². The van der Waals surface area contributed by atoms with E-state index in [0.29, 0.717) is 0 Å². The SMILES string of the molecule is CC(C)C1C2CC1C2.CC(C)C1C2CCC1C2.CC(C)C1CC2CC1C2.CC(C)C1CC2CCC1C2.CC(C)C1CCCC1.CC(C)C1CCCCC1.CC(C)C1CCCCCC1.CC1C2CCC1CC2.CCC1C2CC3CC(C2)CC1C3.CCC1C2CCC1CC2.CCC1CC2CCC1C2.CCC1CC2CCC1CC2. The lowest BCUT2D eigenvalue weighted by atomic mass is 9.45. The van der Waals surface area contributed by atoms with Crippen LogP contribution < -0.4 is 0 Å². The van der Waals surface area contributed by atoms with E-state index in [1.165, 1.54) is 134 Å². The van der Waals surface area contributed by atoms with Gasteiger partial charge in [-0.1, -0.05) is 279 Å². The summed E-state index contributed by atoms with van der Waals surface area (Å²) in [7, 11) is 0. The Labute approximate surface area is 698 Å². The predicted octanol–water partition coefficient (Wildman–Crippen LogP) is 35.2. The maximum Gasteiger partial charge on any atom is -0.0334 e. The zero-order valence-corrected chi connectivity index (χ0v) is 79.0. The highest BCUT2D eigenvalue weighted by atomic mass is 14.6. The monoisotopic (exact) mass is 1540 g/mol. The molecular formula is C111H202. The van der Waals surface area contributed by atoms with Gasteiger partial charge in [-0.2, -0.15) is 0 Å². The first kappa shape index (κ1) is 91.7. The van der Waals surface area contributed by atoms with E-state index in [1.54, 1.807) is 218 Å². The number of rotatable bonds is 11. The molecule has 0 aliphatic heterocycles. The molecular weight excluding hydrogens is 1330 g/mol. The van der Waals surface area contributed by atoms with Gasteiger partial charge >= 0.3 is 0 Å². The van der Waals surface area contributed by atoms with Gasteiger partial charge in [-0.25, -0.2) is 0 Å². The first-order chi connectivity index (χ1) is 53.5. The summed E-state index contributed by atoms with van der Waals surface area (Å²) in [5, 5.41) is 0. The Kier molecular flexibility index (Phi) is 37.4. The van der Waals surface area contributed by atoms with Crippen molar-refractivity contribution in [2.24, 2.45) is 231 Å². The molecule has 27 fully saturated rings. The zero-order chi connectivity index (χ0) is 79.0. The standard InChI is InChI=1S/C12H20.2C10H18.C10H20.4C9H16.C9H18.2C8H14.C8H16/c1-2-12-10-4-8-3-9(6-10)7-11(12)5-8;1-7(2)10-6-8-3-4-9(10)5-8;1-2-9-7-8-3-5-10(9)6-4-8;1-9(2)10-7-5-3-4-6-8-10;1-6(2)9-5-7-3-8(9)4-7;1-6(2)9-7-3-4-8(9)5-7;1-2-8-5-7-3-4-9(8)6-7;1-2-9-7-3-4-8(9)6-5-7;1-8(2)9-6-4-3-5-7-9;1-5(2)8-6-3-7(8)4-6;1-6-7-2-3-8(6)5-4-7;1-7(2)8-5-3-4-6-8/h8-12H,2-7H2,1H3;7-10H,3-6H2,1-2H3;8-10H,2-7H2,1H3;9-10H,3-8H2,1-2H3;2*6-9H,3-5H2,1-2H3;2*7-9H,2-6H2,1H3;8-9H,3-7H2,1-2H3;5-8H,3-4H2,1-2H3;6-8H,2-5H2,1H3;7-8H,3-6H2,1-2H3. The molecule has 0 saturated heterocycles. The van der Waals surface area contributed by atoms with Crippen LogP contribution in [0.15, 0.2) is 0 Å². The summed E-state index contributed by atoms with van der Waals surface area (Å²) in [5.74, 6) is 42.9. The lowest BCUT2D eigenvalue weighted by Gasteiger charge is -2.60. The lowest BCUT2D eigenvalue weighted by molar-refractivity contribution is -0.107. The summed E-state index contributed by atoms with van der Waals surface area (Å²) < 4.78 is 0. The van der Waals surface area contributed by atoms with Gasteiger partial charge in [-0.15, -0.1) is 0 Å². The molecule has 27 rings (SSSR count). The van der Waals surface area contributed by atoms with Crippen LogP contribution in [0.4, 0.5) is 0 Å². The molecule has 0 amide bonds. The smallest absolute Gasteiger partial charge is 0.0334 e. The molecule has 20 bridgehead atoms. The molecule has 0 aromatic heterocycles. The van der Waals surface area contributed by atoms with Crippen LogP contribution in [0, 0.1) is 231 Å². The Morgan fingerprint density at radius 3 is 0.721 bits per heavy atom. The van der Waals surface area contributed by atoms with E-state index in [0.717, 1.165) is 219 Å². The average molecular weight is 1540 g/mol. The second kappa shape index (κ2) is 45.2. The molecule has 0 heteroatoms. The van der Waals surface area contributed by atoms with E-state index in [1.807, 2.05) is 0 Å². The van der Waals surface area contributed by atoms with Crippen molar-refractivity contribution in [1.29, 1.82) is 0 Å². The van der Waals surface area contributed by atoms with E-state index in [9.17, 15) is 0 Å². The van der Waals surface area contributed by atoms with Crippen molar-refractivity contribution >= 4 is 0 Å². The second-order valence-electron chi connectivity index (χ2n) is 48.5. The normalized spacial score (nSPS) is 42.9. The quantitative estimate of drug-likeness (QED) is 0.181. The summed E-state index contributed by atoms with van der Waals surface area (Å²) in [6.07, 6.45) is 81.5. The van der Waals surface area contributed by atoms with Crippen molar-refractivity contribution in [2.75, 3.05) is 0 Å². The van der Waals surface area contributed by atoms with E-state index in [4.69, 9.17) is 0 Å². The molecule has 111 heavy (non-hydrogen) atoms. The summed E-state index contributed by atoms with van der Waals surface area (Å²) >= 11 is 0. The largest absolute Gasteiger partial charge is 0.0651 e. The third-order valence-electron chi connectivity index (χ3n) is 40.0.